The van der Waals surface area contributed by atoms with E-state index in [1.165, 1.54) is 12.1 Å². The van der Waals surface area contributed by atoms with Crippen molar-refractivity contribution in [3.05, 3.63) is 29.8 Å². The average Bonchev–Trinajstić information content (AvgIpc) is 2.17. The standard InChI is InChI=1S/C11H11F3O2/c1-2-4-10(15)16-9-6-3-5-8(7-9)11(12,13)14/h3,5-7H,2,4H2,1H3. The van der Waals surface area contributed by atoms with Gasteiger partial charge < -0.3 is 4.74 Å². The zero-order valence-electron chi connectivity index (χ0n) is 8.67. The molecule has 5 heteroatoms. The molecule has 0 aliphatic rings. The molecule has 0 fully saturated rings. The molecule has 0 unspecified atom stereocenters. The lowest BCUT2D eigenvalue weighted by Gasteiger charge is -2.08. The minimum atomic E-state index is -4.42. The highest BCUT2D eigenvalue weighted by Gasteiger charge is 2.30. The molecular weight excluding hydrogens is 221 g/mol. The molecule has 0 radical (unpaired) electrons. The van der Waals surface area contributed by atoms with E-state index < -0.39 is 17.7 Å². The third-order valence-corrected chi connectivity index (χ3v) is 1.85. The number of hydrogen-bond donors (Lipinski definition) is 0. The Hall–Kier alpha value is -1.52. The molecule has 0 aromatic heterocycles. The van der Waals surface area contributed by atoms with Gasteiger partial charge in [0.15, 0.2) is 0 Å². The Morgan fingerprint density at radius 2 is 2.06 bits per heavy atom. The van der Waals surface area contributed by atoms with E-state index in [1.54, 1.807) is 6.92 Å². The first-order valence-corrected chi connectivity index (χ1v) is 4.81. The summed E-state index contributed by atoms with van der Waals surface area (Å²) in [4.78, 5) is 11.1. The van der Waals surface area contributed by atoms with E-state index in [0.717, 1.165) is 12.1 Å². The Morgan fingerprint density at radius 3 is 2.62 bits per heavy atom. The van der Waals surface area contributed by atoms with Crippen LogP contribution < -0.4 is 4.74 Å². The summed E-state index contributed by atoms with van der Waals surface area (Å²) in [6.45, 7) is 1.79. The number of alkyl halides is 3. The van der Waals surface area contributed by atoms with Gasteiger partial charge in [-0.3, -0.25) is 4.79 Å². The minimum absolute atomic E-state index is 0.0757. The number of esters is 1. The van der Waals surface area contributed by atoms with E-state index in [0.29, 0.717) is 6.42 Å². The summed E-state index contributed by atoms with van der Waals surface area (Å²) in [7, 11) is 0. The number of ether oxygens (including phenoxy) is 1. The quantitative estimate of drug-likeness (QED) is 0.589. The van der Waals surface area contributed by atoms with E-state index >= 15 is 0 Å². The first-order chi connectivity index (χ1) is 7.43. The Labute approximate surface area is 91.0 Å². The predicted octanol–water partition coefficient (Wildman–Crippen LogP) is 3.41. The molecule has 0 amide bonds. The van der Waals surface area contributed by atoms with Crippen LogP contribution in [-0.2, 0) is 11.0 Å². The van der Waals surface area contributed by atoms with Crippen molar-refractivity contribution in [1.29, 1.82) is 0 Å². The highest BCUT2D eigenvalue weighted by molar-refractivity contribution is 5.72. The lowest BCUT2D eigenvalue weighted by molar-refractivity contribution is -0.139. The Morgan fingerprint density at radius 1 is 1.38 bits per heavy atom. The van der Waals surface area contributed by atoms with Crippen LogP contribution in [-0.4, -0.2) is 5.97 Å². The summed E-state index contributed by atoms with van der Waals surface area (Å²) in [6.07, 6.45) is -3.64. The van der Waals surface area contributed by atoms with Crippen molar-refractivity contribution >= 4 is 5.97 Å². The molecule has 1 aromatic rings. The van der Waals surface area contributed by atoms with E-state index in [2.05, 4.69) is 0 Å². The maximum absolute atomic E-state index is 12.3. The van der Waals surface area contributed by atoms with Crippen molar-refractivity contribution in [3.8, 4) is 5.75 Å². The van der Waals surface area contributed by atoms with Gasteiger partial charge in [0, 0.05) is 6.42 Å². The fraction of sp³-hybridized carbons (Fsp3) is 0.364. The monoisotopic (exact) mass is 232 g/mol. The number of halogens is 3. The van der Waals surface area contributed by atoms with Crippen LogP contribution >= 0.6 is 0 Å². The second kappa shape index (κ2) is 5.01. The van der Waals surface area contributed by atoms with Crippen molar-refractivity contribution in [1.82, 2.24) is 0 Å². The predicted molar refractivity (Wildman–Crippen MR) is 52.0 cm³/mol. The highest BCUT2D eigenvalue weighted by atomic mass is 19.4. The van der Waals surface area contributed by atoms with Crippen molar-refractivity contribution in [2.24, 2.45) is 0 Å². The summed E-state index contributed by atoms with van der Waals surface area (Å²) in [5.41, 5.74) is -0.825. The van der Waals surface area contributed by atoms with Gasteiger partial charge in [0.1, 0.15) is 5.75 Å². The molecule has 0 aliphatic carbocycles. The minimum Gasteiger partial charge on any atom is -0.427 e. The Kier molecular flexibility index (Phi) is 3.93. The summed E-state index contributed by atoms with van der Waals surface area (Å²) in [5.74, 6) is -0.602. The molecule has 0 saturated carbocycles. The molecule has 1 rings (SSSR count). The molecule has 0 heterocycles. The topological polar surface area (TPSA) is 26.3 Å². The van der Waals surface area contributed by atoms with Gasteiger partial charge in [-0.25, -0.2) is 0 Å². The van der Waals surface area contributed by atoms with Crippen LogP contribution in [0.4, 0.5) is 13.2 Å². The molecule has 0 atom stereocenters. The second-order valence-electron chi connectivity index (χ2n) is 3.25. The molecular formula is C11H11F3O2. The Balaban J connectivity index is 2.79. The molecule has 88 valence electrons. The maximum Gasteiger partial charge on any atom is 0.416 e. The van der Waals surface area contributed by atoms with Crippen LogP contribution in [0.25, 0.3) is 0 Å². The fourth-order valence-corrected chi connectivity index (χ4v) is 1.12. The van der Waals surface area contributed by atoms with Gasteiger partial charge in [-0.15, -0.1) is 0 Å². The molecule has 16 heavy (non-hydrogen) atoms. The lowest BCUT2D eigenvalue weighted by Crippen LogP contribution is -2.09. The van der Waals surface area contributed by atoms with E-state index in [-0.39, 0.29) is 12.2 Å². The van der Waals surface area contributed by atoms with Crippen molar-refractivity contribution in [3.63, 3.8) is 0 Å². The second-order valence-corrected chi connectivity index (χ2v) is 3.25. The van der Waals surface area contributed by atoms with Crippen molar-refractivity contribution < 1.29 is 22.7 Å². The summed E-state index contributed by atoms with van der Waals surface area (Å²) < 4.78 is 41.7. The van der Waals surface area contributed by atoms with Gasteiger partial charge in [-0.1, -0.05) is 13.0 Å². The molecule has 0 aliphatic heterocycles. The summed E-state index contributed by atoms with van der Waals surface area (Å²) in [6, 6.07) is 4.27. The number of benzene rings is 1. The number of hydrogen-bond acceptors (Lipinski definition) is 2. The van der Waals surface area contributed by atoms with Crippen LogP contribution in [0, 0.1) is 0 Å². The van der Waals surface area contributed by atoms with Crippen LogP contribution in [0.1, 0.15) is 25.3 Å². The maximum atomic E-state index is 12.3. The zero-order valence-corrected chi connectivity index (χ0v) is 8.67. The Bertz CT molecular complexity index is 372. The van der Waals surface area contributed by atoms with Gasteiger partial charge in [0.25, 0.3) is 0 Å². The lowest BCUT2D eigenvalue weighted by atomic mass is 10.2. The van der Waals surface area contributed by atoms with Crippen LogP contribution in [0.5, 0.6) is 5.75 Å². The van der Waals surface area contributed by atoms with Gasteiger partial charge in [-0.05, 0) is 24.6 Å². The number of rotatable bonds is 3. The van der Waals surface area contributed by atoms with Gasteiger partial charge >= 0.3 is 12.1 Å². The van der Waals surface area contributed by atoms with Gasteiger partial charge in [-0.2, -0.15) is 13.2 Å². The van der Waals surface area contributed by atoms with E-state index in [4.69, 9.17) is 4.74 Å². The number of carbonyl (C=O) groups is 1. The van der Waals surface area contributed by atoms with E-state index in [1.807, 2.05) is 0 Å². The fourth-order valence-electron chi connectivity index (χ4n) is 1.12. The average molecular weight is 232 g/mol. The largest absolute Gasteiger partial charge is 0.427 e. The molecule has 0 N–H and O–H groups in total. The summed E-state index contributed by atoms with van der Waals surface area (Å²) >= 11 is 0. The molecule has 0 spiro atoms. The van der Waals surface area contributed by atoms with Crippen molar-refractivity contribution in [2.45, 2.75) is 25.9 Å². The zero-order chi connectivity index (χ0) is 12.2. The SMILES string of the molecule is CCCC(=O)Oc1cccc(C(F)(F)F)c1. The summed E-state index contributed by atoms with van der Waals surface area (Å²) in [5, 5.41) is 0. The van der Waals surface area contributed by atoms with E-state index in [9.17, 15) is 18.0 Å². The third-order valence-electron chi connectivity index (χ3n) is 1.85. The highest BCUT2D eigenvalue weighted by Crippen LogP contribution is 2.31. The van der Waals surface area contributed by atoms with Crippen LogP contribution in [0.3, 0.4) is 0 Å². The van der Waals surface area contributed by atoms with Gasteiger partial charge in [0.05, 0.1) is 5.56 Å². The normalized spacial score (nSPS) is 11.2. The van der Waals surface area contributed by atoms with Crippen LogP contribution in [0.2, 0.25) is 0 Å². The molecule has 0 bridgehead atoms. The first-order valence-electron chi connectivity index (χ1n) is 4.81. The van der Waals surface area contributed by atoms with Crippen LogP contribution in [0.15, 0.2) is 24.3 Å². The molecule has 0 saturated heterocycles. The van der Waals surface area contributed by atoms with Crippen molar-refractivity contribution in [2.75, 3.05) is 0 Å². The third kappa shape index (κ3) is 3.56. The van der Waals surface area contributed by atoms with Gasteiger partial charge in [0.2, 0.25) is 0 Å². The molecule has 2 nitrogen and oxygen atoms in total. The molecule has 1 aromatic carbocycles. The first kappa shape index (κ1) is 12.5. The smallest absolute Gasteiger partial charge is 0.416 e. The number of carbonyl (C=O) groups excluding carboxylic acids is 1.